The van der Waals surface area contributed by atoms with Crippen LogP contribution in [0.15, 0.2) is 5.38 Å². The molecule has 0 aliphatic heterocycles. The third-order valence-electron chi connectivity index (χ3n) is 3.14. The van der Waals surface area contributed by atoms with Gasteiger partial charge in [-0.3, -0.25) is 0 Å². The van der Waals surface area contributed by atoms with Crippen molar-refractivity contribution in [1.29, 1.82) is 0 Å². The first-order valence-electron chi connectivity index (χ1n) is 5.86. The van der Waals surface area contributed by atoms with Gasteiger partial charge in [-0.2, -0.15) is 0 Å². The molecule has 0 spiro atoms. The zero-order chi connectivity index (χ0) is 10.7. The lowest BCUT2D eigenvalue weighted by Crippen LogP contribution is -2.21. The van der Waals surface area contributed by atoms with E-state index in [4.69, 9.17) is 4.98 Å². The van der Waals surface area contributed by atoms with Crippen molar-refractivity contribution in [2.75, 3.05) is 13.6 Å². The third kappa shape index (κ3) is 2.79. The van der Waals surface area contributed by atoms with E-state index in [1.54, 1.807) is 0 Å². The molecule has 1 saturated carbocycles. The molecule has 1 heterocycles. The first-order chi connectivity index (χ1) is 7.28. The van der Waals surface area contributed by atoms with Crippen molar-refractivity contribution in [1.82, 2.24) is 10.3 Å². The summed E-state index contributed by atoms with van der Waals surface area (Å²) in [5.41, 5.74) is 1.84. The summed E-state index contributed by atoms with van der Waals surface area (Å²) in [6.45, 7) is 3.36. The fourth-order valence-electron chi connectivity index (χ4n) is 2.09. The summed E-state index contributed by atoms with van der Waals surface area (Å²) in [7, 11) is 2.05. The molecule has 1 aliphatic carbocycles. The van der Waals surface area contributed by atoms with Crippen molar-refractivity contribution < 1.29 is 0 Å². The molecule has 0 aromatic carbocycles. The van der Waals surface area contributed by atoms with Crippen molar-refractivity contribution in [3.63, 3.8) is 0 Å². The zero-order valence-corrected chi connectivity index (χ0v) is 10.5. The summed E-state index contributed by atoms with van der Waals surface area (Å²) < 4.78 is 0. The minimum atomic E-state index is 0.552. The first kappa shape index (κ1) is 11.1. The normalized spacial score (nSPS) is 18.0. The lowest BCUT2D eigenvalue weighted by molar-refractivity contribution is 0.477. The Bertz CT molecular complexity index is 315. The van der Waals surface area contributed by atoms with Crippen LogP contribution in [0.3, 0.4) is 0 Å². The Kier molecular flexibility index (Phi) is 3.42. The van der Waals surface area contributed by atoms with E-state index in [9.17, 15) is 0 Å². The molecule has 1 N–H and O–H groups in total. The van der Waals surface area contributed by atoms with E-state index >= 15 is 0 Å². The monoisotopic (exact) mass is 224 g/mol. The van der Waals surface area contributed by atoms with Gasteiger partial charge in [0.15, 0.2) is 0 Å². The van der Waals surface area contributed by atoms with Crippen LogP contribution < -0.4 is 5.32 Å². The number of nitrogens with zero attached hydrogens (tertiary/aromatic N) is 1. The molecule has 1 aromatic rings. The number of aromatic nitrogens is 1. The summed E-state index contributed by atoms with van der Waals surface area (Å²) in [6.07, 6.45) is 6.26. The second kappa shape index (κ2) is 4.62. The Balaban J connectivity index is 1.93. The Hall–Kier alpha value is -0.410. The highest BCUT2D eigenvalue weighted by molar-refractivity contribution is 7.09. The van der Waals surface area contributed by atoms with Gasteiger partial charge >= 0.3 is 0 Å². The molecular formula is C12H20N2S. The molecule has 2 nitrogen and oxygen atoms in total. The minimum Gasteiger partial charge on any atom is -0.319 e. The molecule has 0 unspecified atom stereocenters. The average molecular weight is 224 g/mol. The van der Waals surface area contributed by atoms with Crippen LogP contribution in [-0.4, -0.2) is 18.6 Å². The van der Waals surface area contributed by atoms with Crippen LogP contribution in [0.2, 0.25) is 0 Å². The molecule has 0 atom stereocenters. The van der Waals surface area contributed by atoms with Gasteiger partial charge in [-0.15, -0.1) is 11.3 Å². The van der Waals surface area contributed by atoms with Crippen LogP contribution in [-0.2, 0) is 12.8 Å². The van der Waals surface area contributed by atoms with Crippen LogP contribution in [0, 0.1) is 5.41 Å². The van der Waals surface area contributed by atoms with Gasteiger partial charge in [0.05, 0.1) is 10.7 Å². The van der Waals surface area contributed by atoms with E-state index in [1.807, 2.05) is 18.4 Å². The highest BCUT2D eigenvalue weighted by Gasteiger charge is 2.42. The van der Waals surface area contributed by atoms with E-state index < -0.39 is 0 Å². The summed E-state index contributed by atoms with van der Waals surface area (Å²) >= 11 is 1.84. The predicted molar refractivity (Wildman–Crippen MR) is 65.4 cm³/mol. The van der Waals surface area contributed by atoms with Crippen LogP contribution in [0.1, 0.15) is 36.9 Å². The highest BCUT2D eigenvalue weighted by atomic mass is 32.1. The summed E-state index contributed by atoms with van der Waals surface area (Å²) in [4.78, 5) is 4.70. The molecule has 3 heteroatoms. The largest absolute Gasteiger partial charge is 0.319 e. The second-order valence-corrected chi connectivity index (χ2v) is 5.63. The predicted octanol–water partition coefficient (Wildman–Crippen LogP) is 2.64. The summed E-state index contributed by atoms with van der Waals surface area (Å²) in [6, 6.07) is 0. The molecule has 15 heavy (non-hydrogen) atoms. The molecule has 1 aromatic heterocycles. The highest BCUT2D eigenvalue weighted by Crippen LogP contribution is 2.48. The average Bonchev–Trinajstić information content (AvgIpc) is 2.80. The molecule has 1 fully saturated rings. The van der Waals surface area contributed by atoms with E-state index in [1.165, 1.54) is 36.4 Å². The maximum absolute atomic E-state index is 4.70. The molecular weight excluding hydrogens is 204 g/mol. The van der Waals surface area contributed by atoms with Gasteiger partial charge in [-0.25, -0.2) is 4.98 Å². The molecule has 2 rings (SSSR count). The zero-order valence-electron chi connectivity index (χ0n) is 9.68. The number of nitrogens with one attached hydrogen (secondary N) is 1. The minimum absolute atomic E-state index is 0.552. The lowest BCUT2D eigenvalue weighted by Gasteiger charge is -2.11. The number of hydrogen-bond donors (Lipinski definition) is 1. The van der Waals surface area contributed by atoms with Crippen LogP contribution >= 0.6 is 11.3 Å². The van der Waals surface area contributed by atoms with E-state index in [-0.39, 0.29) is 0 Å². The van der Waals surface area contributed by atoms with Crippen molar-refractivity contribution in [2.45, 2.75) is 39.0 Å². The standard InChI is InChI=1S/C12H20N2S/c1-3-4-10-8-15-11(14-10)7-12(5-6-12)9-13-2/h8,13H,3-7,9H2,1-2H3. The Morgan fingerprint density at radius 2 is 2.33 bits per heavy atom. The summed E-state index contributed by atoms with van der Waals surface area (Å²) in [5, 5.41) is 6.87. The molecule has 84 valence electrons. The topological polar surface area (TPSA) is 24.9 Å². The van der Waals surface area contributed by atoms with Gasteiger partial charge in [0.25, 0.3) is 0 Å². The van der Waals surface area contributed by atoms with Crippen LogP contribution in [0.5, 0.6) is 0 Å². The number of thiazole rings is 1. The number of aryl methyl sites for hydroxylation is 1. The molecule has 1 aliphatic rings. The summed E-state index contributed by atoms with van der Waals surface area (Å²) in [5.74, 6) is 0. The third-order valence-corrected chi connectivity index (χ3v) is 4.04. The van der Waals surface area contributed by atoms with Crippen molar-refractivity contribution in [3.05, 3.63) is 16.1 Å². The Labute approximate surface area is 96.1 Å². The van der Waals surface area contributed by atoms with Gasteiger partial charge < -0.3 is 5.32 Å². The Morgan fingerprint density at radius 3 is 2.93 bits per heavy atom. The van der Waals surface area contributed by atoms with E-state index in [0.29, 0.717) is 5.41 Å². The van der Waals surface area contributed by atoms with Gasteiger partial charge in [-0.05, 0) is 31.7 Å². The van der Waals surface area contributed by atoms with Gasteiger partial charge in [0, 0.05) is 18.3 Å². The lowest BCUT2D eigenvalue weighted by atomic mass is 10.0. The smallest absolute Gasteiger partial charge is 0.0934 e. The molecule has 0 radical (unpaired) electrons. The van der Waals surface area contributed by atoms with Crippen molar-refractivity contribution in [3.8, 4) is 0 Å². The fourth-order valence-corrected chi connectivity index (χ4v) is 3.09. The molecule has 0 saturated heterocycles. The first-order valence-corrected chi connectivity index (χ1v) is 6.74. The maximum atomic E-state index is 4.70. The van der Waals surface area contributed by atoms with Gasteiger partial charge in [0.2, 0.25) is 0 Å². The van der Waals surface area contributed by atoms with Crippen molar-refractivity contribution >= 4 is 11.3 Å². The van der Waals surface area contributed by atoms with E-state index in [2.05, 4.69) is 17.6 Å². The van der Waals surface area contributed by atoms with Crippen LogP contribution in [0.25, 0.3) is 0 Å². The maximum Gasteiger partial charge on any atom is 0.0934 e. The van der Waals surface area contributed by atoms with Crippen LogP contribution in [0.4, 0.5) is 0 Å². The quantitative estimate of drug-likeness (QED) is 0.803. The molecule has 0 amide bonds. The Morgan fingerprint density at radius 1 is 1.53 bits per heavy atom. The second-order valence-electron chi connectivity index (χ2n) is 4.69. The van der Waals surface area contributed by atoms with Crippen molar-refractivity contribution in [2.24, 2.45) is 5.41 Å². The molecule has 0 bridgehead atoms. The van der Waals surface area contributed by atoms with Gasteiger partial charge in [0.1, 0.15) is 0 Å². The number of hydrogen-bond acceptors (Lipinski definition) is 3. The van der Waals surface area contributed by atoms with Gasteiger partial charge in [-0.1, -0.05) is 13.3 Å². The SMILES string of the molecule is CCCc1csc(CC2(CNC)CC2)n1. The fraction of sp³-hybridized carbons (Fsp3) is 0.750. The van der Waals surface area contributed by atoms with E-state index in [0.717, 1.165) is 13.0 Å². The number of rotatable bonds is 6.